The van der Waals surface area contributed by atoms with E-state index in [1.165, 1.54) is 6.07 Å². The fourth-order valence-electron chi connectivity index (χ4n) is 3.62. The Morgan fingerprint density at radius 2 is 1.95 bits per heavy atom. The quantitative estimate of drug-likeness (QED) is 0.554. The molecule has 2 aromatic heterocycles. The maximum absolute atomic E-state index is 14.5. The number of imidazole rings is 1. The third-order valence-electron chi connectivity index (χ3n) is 5.04. The second-order valence-electron chi connectivity index (χ2n) is 6.54. The lowest BCUT2D eigenvalue weighted by Crippen LogP contribution is -2.37. The van der Waals surface area contributed by atoms with Crippen LogP contribution in [0.3, 0.4) is 0 Å². The zero-order valence-corrected chi connectivity index (χ0v) is 12.8. The third kappa shape index (κ3) is 1.55. The summed E-state index contributed by atoms with van der Waals surface area (Å²) in [6.07, 6.45) is 3.87. The molecule has 0 aliphatic carbocycles. The largest absolute Gasteiger partial charge is 0.287 e. The minimum Gasteiger partial charge on any atom is -0.217 e. The molecule has 0 bridgehead atoms. The third-order valence-corrected chi connectivity index (χ3v) is 5.04. The van der Waals surface area contributed by atoms with Crippen LogP contribution in [0, 0.1) is 11.6 Å². The van der Waals surface area contributed by atoms with Gasteiger partial charge in [0, 0.05) is 18.1 Å². The molecule has 4 rings (SSSR count). The molecule has 0 fully saturated rings. The van der Waals surface area contributed by atoms with Crippen molar-refractivity contribution in [2.45, 2.75) is 32.2 Å². The average Bonchev–Trinajstić information content (AvgIpc) is 2.84. The second kappa shape index (κ2) is 4.15. The molecule has 2 nitrogen and oxygen atoms in total. The highest BCUT2D eigenvalue weighted by atomic mass is 19.1. The molecule has 0 N–H and O–H groups in total. The summed E-state index contributed by atoms with van der Waals surface area (Å²) in [6.45, 7) is 6.25. The molecule has 1 atom stereocenters. The van der Waals surface area contributed by atoms with E-state index in [1.54, 1.807) is 0 Å². The van der Waals surface area contributed by atoms with Gasteiger partial charge in [0.2, 0.25) is 0 Å². The standard InChI is InChI=1S/C18H17F2N2/c1-11-13-8-12(19)9-14(20)17(13)15-10-21-7-5-4-6-16(21)22(15)18(11,2)3/h4-11H,1-3H3/q+1. The molecule has 0 radical (unpaired) electrons. The summed E-state index contributed by atoms with van der Waals surface area (Å²) >= 11 is 0. The average molecular weight is 299 g/mol. The lowest BCUT2D eigenvalue weighted by molar-refractivity contribution is -0.510. The zero-order chi connectivity index (χ0) is 15.6. The summed E-state index contributed by atoms with van der Waals surface area (Å²) in [7, 11) is 0. The van der Waals surface area contributed by atoms with Crippen molar-refractivity contribution < 1.29 is 13.2 Å². The first-order valence-electron chi connectivity index (χ1n) is 7.43. The van der Waals surface area contributed by atoms with Gasteiger partial charge in [-0.15, -0.1) is 0 Å². The van der Waals surface area contributed by atoms with Crippen LogP contribution in [0.15, 0.2) is 42.7 Å². The molecular formula is C18H17F2N2+. The number of halogens is 2. The van der Waals surface area contributed by atoms with Crippen molar-refractivity contribution in [2.75, 3.05) is 0 Å². The van der Waals surface area contributed by atoms with Crippen LogP contribution in [-0.2, 0) is 5.54 Å². The van der Waals surface area contributed by atoms with E-state index in [9.17, 15) is 8.78 Å². The van der Waals surface area contributed by atoms with Crippen molar-refractivity contribution in [3.05, 3.63) is 59.9 Å². The lowest BCUT2D eigenvalue weighted by atomic mass is 9.77. The Kier molecular flexibility index (Phi) is 2.54. The lowest BCUT2D eigenvalue weighted by Gasteiger charge is -2.35. The van der Waals surface area contributed by atoms with Crippen LogP contribution in [-0.4, -0.2) is 4.57 Å². The number of nitrogens with zero attached hydrogens (tertiary/aromatic N) is 2. The van der Waals surface area contributed by atoms with Gasteiger partial charge in [-0.05, 0) is 31.5 Å². The molecule has 3 heterocycles. The fourth-order valence-corrected chi connectivity index (χ4v) is 3.62. The highest BCUT2D eigenvalue weighted by Gasteiger charge is 2.45. The van der Waals surface area contributed by atoms with Crippen molar-refractivity contribution in [1.82, 2.24) is 4.57 Å². The number of hydrogen-bond donors (Lipinski definition) is 0. The van der Waals surface area contributed by atoms with Crippen LogP contribution in [0.4, 0.5) is 8.78 Å². The zero-order valence-electron chi connectivity index (χ0n) is 12.8. The fraction of sp³-hybridized carbons (Fsp3) is 0.278. The first kappa shape index (κ1) is 13.4. The summed E-state index contributed by atoms with van der Waals surface area (Å²) in [5, 5.41) is 0. The first-order valence-corrected chi connectivity index (χ1v) is 7.43. The maximum atomic E-state index is 14.5. The molecule has 22 heavy (non-hydrogen) atoms. The van der Waals surface area contributed by atoms with Gasteiger partial charge in [-0.1, -0.05) is 13.0 Å². The highest BCUT2D eigenvalue weighted by Crippen LogP contribution is 2.47. The SMILES string of the molecule is CC1c2cc(F)cc(F)c2-c2c[n+]3ccccc3n2C1(C)C. The molecule has 0 amide bonds. The van der Waals surface area contributed by atoms with Crippen molar-refractivity contribution in [3.8, 4) is 11.3 Å². The van der Waals surface area contributed by atoms with Crippen molar-refractivity contribution in [2.24, 2.45) is 0 Å². The van der Waals surface area contributed by atoms with Crippen molar-refractivity contribution in [3.63, 3.8) is 0 Å². The van der Waals surface area contributed by atoms with Gasteiger partial charge in [-0.2, -0.15) is 0 Å². The number of fused-ring (bicyclic) bond motifs is 5. The molecule has 0 saturated heterocycles. The van der Waals surface area contributed by atoms with Crippen LogP contribution in [0.2, 0.25) is 0 Å². The van der Waals surface area contributed by atoms with E-state index in [0.29, 0.717) is 5.56 Å². The predicted molar refractivity (Wildman–Crippen MR) is 80.7 cm³/mol. The van der Waals surface area contributed by atoms with Gasteiger partial charge in [-0.3, -0.25) is 0 Å². The summed E-state index contributed by atoms with van der Waals surface area (Å²) in [4.78, 5) is 0. The number of aromatic nitrogens is 2. The van der Waals surface area contributed by atoms with Gasteiger partial charge in [0.25, 0.3) is 5.65 Å². The summed E-state index contributed by atoms with van der Waals surface area (Å²) < 4.78 is 32.4. The maximum Gasteiger partial charge on any atom is 0.287 e. The Morgan fingerprint density at radius 3 is 2.73 bits per heavy atom. The number of hydrogen-bond acceptors (Lipinski definition) is 0. The Bertz CT molecular complexity index is 909. The van der Waals surface area contributed by atoms with Crippen molar-refractivity contribution >= 4 is 5.65 Å². The monoisotopic (exact) mass is 299 g/mol. The van der Waals surface area contributed by atoms with Gasteiger partial charge >= 0.3 is 0 Å². The normalized spacial score (nSPS) is 19.0. The Labute approximate surface area is 127 Å². The van der Waals surface area contributed by atoms with Gasteiger partial charge < -0.3 is 0 Å². The van der Waals surface area contributed by atoms with Crippen LogP contribution in [0.1, 0.15) is 32.3 Å². The minimum absolute atomic E-state index is 0.00314. The second-order valence-corrected chi connectivity index (χ2v) is 6.54. The molecule has 0 saturated carbocycles. The number of rotatable bonds is 0. The van der Waals surface area contributed by atoms with E-state index in [-0.39, 0.29) is 11.5 Å². The van der Waals surface area contributed by atoms with E-state index < -0.39 is 11.6 Å². The smallest absolute Gasteiger partial charge is 0.217 e. The molecule has 1 aliphatic heterocycles. The Balaban J connectivity index is 2.19. The van der Waals surface area contributed by atoms with Gasteiger partial charge in [0.15, 0.2) is 5.69 Å². The Morgan fingerprint density at radius 1 is 1.18 bits per heavy atom. The van der Waals surface area contributed by atoms with E-state index >= 15 is 0 Å². The van der Waals surface area contributed by atoms with E-state index in [0.717, 1.165) is 23.0 Å². The van der Waals surface area contributed by atoms with Gasteiger partial charge in [0.1, 0.15) is 23.4 Å². The van der Waals surface area contributed by atoms with Crippen molar-refractivity contribution in [1.29, 1.82) is 0 Å². The topological polar surface area (TPSA) is 9.03 Å². The molecule has 3 aromatic rings. The molecule has 112 valence electrons. The highest BCUT2D eigenvalue weighted by molar-refractivity contribution is 5.70. The Hall–Kier alpha value is -2.23. The number of pyridine rings is 1. The van der Waals surface area contributed by atoms with Crippen LogP contribution >= 0.6 is 0 Å². The summed E-state index contributed by atoms with van der Waals surface area (Å²) in [5.41, 5.74) is 2.76. The van der Waals surface area contributed by atoms with Crippen LogP contribution in [0.25, 0.3) is 16.9 Å². The molecule has 0 spiro atoms. The van der Waals surface area contributed by atoms with Gasteiger partial charge in [0.05, 0.1) is 11.8 Å². The molecule has 1 unspecified atom stereocenters. The number of benzene rings is 1. The summed E-state index contributed by atoms with van der Waals surface area (Å²) in [6, 6.07) is 8.37. The van der Waals surface area contributed by atoms with E-state index in [2.05, 4.69) is 18.4 Å². The van der Waals surface area contributed by atoms with E-state index in [4.69, 9.17) is 0 Å². The van der Waals surface area contributed by atoms with Crippen LogP contribution in [0.5, 0.6) is 0 Å². The first-order chi connectivity index (χ1) is 10.4. The molecule has 1 aliphatic rings. The predicted octanol–water partition coefficient (Wildman–Crippen LogP) is 4.02. The molecular weight excluding hydrogens is 282 g/mol. The minimum atomic E-state index is -0.517. The van der Waals surface area contributed by atoms with Crippen LogP contribution < -0.4 is 4.40 Å². The summed E-state index contributed by atoms with van der Waals surface area (Å²) in [5.74, 6) is -1.02. The van der Waals surface area contributed by atoms with E-state index in [1.807, 2.05) is 41.9 Å². The molecule has 1 aromatic carbocycles. The molecule has 4 heteroatoms. The van der Waals surface area contributed by atoms with Gasteiger partial charge in [-0.25, -0.2) is 17.7 Å².